The highest BCUT2D eigenvalue weighted by molar-refractivity contribution is 5.90. The van der Waals surface area contributed by atoms with Gasteiger partial charge in [-0.2, -0.15) is 52.7 Å². The number of hydrogen-bond donors (Lipinski definition) is 4. The molecule has 0 unspecified atom stereocenters. The van der Waals surface area contributed by atoms with Crippen molar-refractivity contribution in [3.63, 3.8) is 0 Å². The number of nitrogens with zero attached hydrogens (tertiary/aromatic N) is 4. The fourth-order valence-electron chi connectivity index (χ4n) is 6.19. The number of fused-ring (bicyclic) bond motifs is 4. The van der Waals surface area contributed by atoms with Crippen LogP contribution >= 0.6 is 0 Å². The summed E-state index contributed by atoms with van der Waals surface area (Å²) in [5.74, 6) is -0.975. The van der Waals surface area contributed by atoms with E-state index in [1.165, 1.54) is 48.5 Å². The number of halogens is 12. The van der Waals surface area contributed by atoms with Gasteiger partial charge in [0.05, 0.1) is 22.3 Å². The van der Waals surface area contributed by atoms with E-state index < -0.39 is 47.0 Å². The molecule has 0 aliphatic heterocycles. The Morgan fingerprint density at radius 2 is 0.462 bits per heavy atom. The van der Waals surface area contributed by atoms with Crippen molar-refractivity contribution in [3.05, 3.63) is 142 Å². The Morgan fingerprint density at radius 1 is 0.292 bits per heavy atom. The van der Waals surface area contributed by atoms with E-state index in [-0.39, 0.29) is 84.0 Å². The standard InChI is InChI=1S/4C11H8F3NO.Al/c4*1-6-2-3-7-8(11(12,13)14)4-5-9(16)10(7)15-6;/h4*2-5,16H,1H3;. The zero-order valence-corrected chi connectivity index (χ0v) is 35.1. The zero-order chi connectivity index (χ0) is 47.7. The molecule has 0 saturated carbocycles. The van der Waals surface area contributed by atoms with Crippen LogP contribution in [-0.4, -0.2) is 57.7 Å². The number of aromatic hydroxyl groups is 4. The minimum absolute atomic E-state index is 0. The average molecular weight is 936 g/mol. The van der Waals surface area contributed by atoms with Crippen molar-refractivity contribution >= 4 is 61.0 Å². The molecule has 4 heterocycles. The lowest BCUT2D eigenvalue weighted by atomic mass is 10.1. The Hall–Kier alpha value is -6.59. The molecule has 0 bridgehead atoms. The van der Waals surface area contributed by atoms with Crippen molar-refractivity contribution in [3.8, 4) is 23.0 Å². The first-order valence-electron chi connectivity index (χ1n) is 18.2. The molecule has 65 heavy (non-hydrogen) atoms. The SMILES string of the molecule is Cc1ccc2c(C(F)(F)F)ccc(O)c2n1.Cc1ccc2c(C(F)(F)F)ccc(O)c2n1.Cc1ccc2c(C(F)(F)F)ccc(O)c2n1.Cc1ccc2c(C(F)(F)F)ccc(O)c2n1.[Al]. The molecule has 339 valence electrons. The second-order valence-corrected chi connectivity index (χ2v) is 13.9. The third-order valence-corrected chi connectivity index (χ3v) is 9.12. The maximum atomic E-state index is 12.6. The van der Waals surface area contributed by atoms with Crippen molar-refractivity contribution < 1.29 is 73.1 Å². The van der Waals surface area contributed by atoms with Crippen LogP contribution in [-0.2, 0) is 24.7 Å². The first-order chi connectivity index (χ1) is 29.6. The molecule has 0 aliphatic rings. The van der Waals surface area contributed by atoms with E-state index in [1.54, 1.807) is 27.7 Å². The molecule has 3 radical (unpaired) electrons. The average Bonchev–Trinajstić information content (AvgIpc) is 3.18. The fourth-order valence-corrected chi connectivity index (χ4v) is 6.19. The first-order valence-corrected chi connectivity index (χ1v) is 18.2. The third kappa shape index (κ3) is 12.0. The molecule has 8 rings (SSSR count). The number of aryl methyl sites for hydroxylation is 4. The van der Waals surface area contributed by atoms with Crippen LogP contribution in [0.5, 0.6) is 23.0 Å². The van der Waals surface area contributed by atoms with Gasteiger partial charge in [0.2, 0.25) is 0 Å². The zero-order valence-electron chi connectivity index (χ0n) is 33.9. The number of hydrogen-bond acceptors (Lipinski definition) is 8. The van der Waals surface area contributed by atoms with E-state index in [0.29, 0.717) is 22.8 Å². The highest BCUT2D eigenvalue weighted by Gasteiger charge is 2.36. The van der Waals surface area contributed by atoms with Gasteiger partial charge in [0.15, 0.2) is 0 Å². The monoisotopic (exact) mass is 935 g/mol. The van der Waals surface area contributed by atoms with Gasteiger partial charge in [-0.05, 0) is 100 Å². The second-order valence-electron chi connectivity index (χ2n) is 13.9. The van der Waals surface area contributed by atoms with Gasteiger partial charge in [-0.25, -0.2) is 19.9 Å². The van der Waals surface area contributed by atoms with E-state index in [1.807, 2.05) is 0 Å². The van der Waals surface area contributed by atoms with Crippen LogP contribution in [0.25, 0.3) is 43.6 Å². The molecule has 0 atom stereocenters. The van der Waals surface area contributed by atoms with E-state index in [2.05, 4.69) is 19.9 Å². The van der Waals surface area contributed by atoms with E-state index >= 15 is 0 Å². The molecule has 0 amide bonds. The summed E-state index contributed by atoms with van der Waals surface area (Å²) < 4.78 is 152. The van der Waals surface area contributed by atoms with E-state index in [0.717, 1.165) is 48.5 Å². The molecule has 8 aromatic rings. The molecule has 0 fully saturated rings. The Labute approximate surface area is 370 Å². The van der Waals surface area contributed by atoms with Gasteiger partial charge >= 0.3 is 24.7 Å². The molecular weight excluding hydrogens is 903 g/mol. The molecule has 4 aromatic heterocycles. The lowest BCUT2D eigenvalue weighted by Gasteiger charge is -2.11. The van der Waals surface area contributed by atoms with Crippen LogP contribution in [0.2, 0.25) is 0 Å². The Kier molecular flexibility index (Phi) is 15.1. The highest BCUT2D eigenvalue weighted by Crippen LogP contribution is 2.40. The van der Waals surface area contributed by atoms with Crippen LogP contribution < -0.4 is 0 Å². The summed E-state index contributed by atoms with van der Waals surface area (Å²) in [6, 6.07) is 18.7. The molecule has 4 N–H and O–H groups in total. The fraction of sp³-hybridized carbons (Fsp3) is 0.182. The van der Waals surface area contributed by atoms with Crippen molar-refractivity contribution in [1.29, 1.82) is 0 Å². The number of alkyl halides is 12. The highest BCUT2D eigenvalue weighted by atomic mass is 27.0. The van der Waals surface area contributed by atoms with E-state index in [4.69, 9.17) is 0 Å². The lowest BCUT2D eigenvalue weighted by Crippen LogP contribution is -2.06. The van der Waals surface area contributed by atoms with Crippen LogP contribution in [0.15, 0.2) is 97.1 Å². The summed E-state index contributed by atoms with van der Waals surface area (Å²) in [5, 5.41) is 37.5. The minimum atomic E-state index is -4.44. The van der Waals surface area contributed by atoms with Crippen molar-refractivity contribution in [2.45, 2.75) is 52.4 Å². The van der Waals surface area contributed by atoms with Crippen molar-refractivity contribution in [1.82, 2.24) is 19.9 Å². The molecule has 8 nitrogen and oxygen atoms in total. The summed E-state index contributed by atoms with van der Waals surface area (Å²) in [5.41, 5.74) is -0.982. The van der Waals surface area contributed by atoms with Gasteiger partial charge in [-0.15, -0.1) is 0 Å². The van der Waals surface area contributed by atoms with Gasteiger partial charge in [-0.3, -0.25) is 0 Å². The smallest absolute Gasteiger partial charge is 0.417 e. The number of phenolic OH excluding ortho intramolecular Hbond substituents is 4. The normalized spacial score (nSPS) is 11.8. The van der Waals surface area contributed by atoms with Crippen LogP contribution in [0, 0.1) is 27.7 Å². The number of aromatic nitrogens is 4. The Balaban J connectivity index is 0.000000189. The summed E-state index contributed by atoms with van der Waals surface area (Å²) in [7, 11) is 0. The molecule has 21 heteroatoms. The molecule has 0 spiro atoms. The maximum absolute atomic E-state index is 12.6. The lowest BCUT2D eigenvalue weighted by molar-refractivity contribution is -0.137. The third-order valence-electron chi connectivity index (χ3n) is 9.12. The van der Waals surface area contributed by atoms with Crippen LogP contribution in [0.1, 0.15) is 45.0 Å². The van der Waals surface area contributed by atoms with Crippen molar-refractivity contribution in [2.75, 3.05) is 0 Å². The molecular formula is C44H32AlF12N4O4. The van der Waals surface area contributed by atoms with Crippen LogP contribution in [0.4, 0.5) is 52.7 Å². The molecule has 4 aromatic carbocycles. The largest absolute Gasteiger partial charge is 0.506 e. The number of pyridine rings is 4. The van der Waals surface area contributed by atoms with E-state index in [9.17, 15) is 73.1 Å². The number of rotatable bonds is 0. The Bertz CT molecular complexity index is 2610. The van der Waals surface area contributed by atoms with Gasteiger partial charge in [0.25, 0.3) is 0 Å². The van der Waals surface area contributed by atoms with Gasteiger partial charge < -0.3 is 20.4 Å². The number of phenols is 4. The topological polar surface area (TPSA) is 132 Å². The van der Waals surface area contributed by atoms with Crippen LogP contribution in [0.3, 0.4) is 0 Å². The van der Waals surface area contributed by atoms with Gasteiger partial charge in [0.1, 0.15) is 45.1 Å². The Morgan fingerprint density at radius 3 is 0.615 bits per heavy atom. The predicted molar refractivity (Wildman–Crippen MR) is 218 cm³/mol. The summed E-state index contributed by atoms with van der Waals surface area (Å²) >= 11 is 0. The predicted octanol–water partition coefficient (Wildman–Crippen LogP) is 12.7. The van der Waals surface area contributed by atoms with Gasteiger partial charge in [0, 0.05) is 61.7 Å². The van der Waals surface area contributed by atoms with Crippen molar-refractivity contribution in [2.24, 2.45) is 0 Å². The quantitative estimate of drug-likeness (QED) is 0.0873. The summed E-state index contributed by atoms with van der Waals surface area (Å²) in [6.07, 6.45) is -17.8. The second kappa shape index (κ2) is 19.3. The van der Waals surface area contributed by atoms with Gasteiger partial charge in [-0.1, -0.05) is 24.3 Å². The summed E-state index contributed by atoms with van der Waals surface area (Å²) in [4.78, 5) is 15.6. The molecule has 0 saturated heterocycles. The first kappa shape index (κ1) is 51.1. The minimum Gasteiger partial charge on any atom is -0.506 e. The molecule has 0 aliphatic carbocycles. The summed E-state index contributed by atoms with van der Waals surface area (Å²) in [6.45, 7) is 6.61. The maximum Gasteiger partial charge on any atom is 0.417 e. The number of benzene rings is 4.